The lowest BCUT2D eigenvalue weighted by Crippen LogP contribution is -2.43. The fourth-order valence-corrected chi connectivity index (χ4v) is 3.37. The summed E-state index contributed by atoms with van der Waals surface area (Å²) in [4.78, 5) is 6.64. The van der Waals surface area contributed by atoms with Gasteiger partial charge in [-0.2, -0.15) is 18.3 Å². The van der Waals surface area contributed by atoms with Gasteiger partial charge >= 0.3 is 6.18 Å². The molecule has 9 heteroatoms. The van der Waals surface area contributed by atoms with E-state index in [0.717, 1.165) is 37.9 Å². The molecule has 3 N–H and O–H groups in total. The standard InChI is InChI=1S/C20H21F3N6/c1-13-10-18(28-27-13)25-14-11-17(15-4-2-3-5-16(15)20(21,22)23)26-19(12-14)29-8-6-24-7-9-29/h2-5,10-12,24H,6-9H2,1H3,(H2,25,26,27,28). The van der Waals surface area contributed by atoms with Crippen molar-refractivity contribution in [3.63, 3.8) is 0 Å². The molecule has 1 fully saturated rings. The molecule has 6 nitrogen and oxygen atoms in total. The van der Waals surface area contributed by atoms with Crippen LogP contribution in [0.25, 0.3) is 11.3 Å². The van der Waals surface area contributed by atoms with Gasteiger partial charge in [0.1, 0.15) is 5.82 Å². The highest BCUT2D eigenvalue weighted by Gasteiger charge is 2.34. The number of benzene rings is 1. The number of anilines is 3. The number of pyridine rings is 1. The van der Waals surface area contributed by atoms with Crippen LogP contribution in [0, 0.1) is 6.92 Å². The van der Waals surface area contributed by atoms with Gasteiger partial charge in [-0.25, -0.2) is 4.98 Å². The van der Waals surface area contributed by atoms with Gasteiger partial charge in [0.25, 0.3) is 0 Å². The van der Waals surface area contributed by atoms with E-state index in [1.807, 2.05) is 19.1 Å². The molecule has 0 amide bonds. The Morgan fingerprint density at radius 1 is 1.07 bits per heavy atom. The highest BCUT2D eigenvalue weighted by molar-refractivity contribution is 5.73. The fraction of sp³-hybridized carbons (Fsp3) is 0.300. The van der Waals surface area contributed by atoms with E-state index in [0.29, 0.717) is 17.3 Å². The number of halogens is 3. The van der Waals surface area contributed by atoms with Gasteiger partial charge in [0.2, 0.25) is 0 Å². The first kappa shape index (κ1) is 19.3. The van der Waals surface area contributed by atoms with Crippen LogP contribution in [0.4, 0.5) is 30.5 Å². The van der Waals surface area contributed by atoms with E-state index in [-0.39, 0.29) is 11.3 Å². The Morgan fingerprint density at radius 3 is 2.52 bits per heavy atom. The minimum Gasteiger partial charge on any atom is -0.354 e. The number of hydrogen-bond donors (Lipinski definition) is 3. The molecular formula is C20H21F3N6. The number of aromatic amines is 1. The van der Waals surface area contributed by atoms with Gasteiger partial charge in [-0.3, -0.25) is 5.10 Å². The summed E-state index contributed by atoms with van der Waals surface area (Å²) in [6, 6.07) is 10.8. The Balaban J connectivity index is 1.79. The number of nitrogens with one attached hydrogen (secondary N) is 3. The first-order valence-corrected chi connectivity index (χ1v) is 9.33. The van der Waals surface area contributed by atoms with Crippen molar-refractivity contribution in [2.75, 3.05) is 36.4 Å². The van der Waals surface area contributed by atoms with Crippen LogP contribution in [-0.2, 0) is 6.18 Å². The number of nitrogens with zero attached hydrogens (tertiary/aromatic N) is 3. The largest absolute Gasteiger partial charge is 0.417 e. The Morgan fingerprint density at radius 2 is 1.83 bits per heavy atom. The molecule has 0 aliphatic carbocycles. The molecule has 4 rings (SSSR count). The molecule has 0 unspecified atom stereocenters. The predicted octanol–water partition coefficient (Wildman–Crippen LogP) is 3.95. The van der Waals surface area contributed by atoms with Crippen molar-refractivity contribution in [1.82, 2.24) is 20.5 Å². The van der Waals surface area contributed by atoms with Gasteiger partial charge in [0, 0.05) is 55.3 Å². The van der Waals surface area contributed by atoms with Crippen LogP contribution in [0.3, 0.4) is 0 Å². The third kappa shape index (κ3) is 4.34. The van der Waals surface area contributed by atoms with Crippen LogP contribution in [0.5, 0.6) is 0 Å². The van der Waals surface area contributed by atoms with Crippen LogP contribution < -0.4 is 15.5 Å². The Kier molecular flexibility index (Phi) is 5.14. The monoisotopic (exact) mass is 402 g/mol. The van der Waals surface area contributed by atoms with Crippen molar-refractivity contribution in [3.8, 4) is 11.3 Å². The van der Waals surface area contributed by atoms with Crippen LogP contribution >= 0.6 is 0 Å². The van der Waals surface area contributed by atoms with Crippen LogP contribution in [0.15, 0.2) is 42.5 Å². The van der Waals surface area contributed by atoms with Crippen LogP contribution in [0.2, 0.25) is 0 Å². The van der Waals surface area contributed by atoms with E-state index in [1.165, 1.54) is 12.1 Å². The maximum Gasteiger partial charge on any atom is 0.417 e. The number of aryl methyl sites for hydroxylation is 1. The minimum atomic E-state index is -4.46. The molecular weight excluding hydrogens is 381 g/mol. The zero-order valence-electron chi connectivity index (χ0n) is 15.8. The predicted molar refractivity (Wildman–Crippen MR) is 106 cm³/mol. The summed E-state index contributed by atoms with van der Waals surface area (Å²) in [7, 11) is 0. The molecule has 0 bridgehead atoms. The number of piperazine rings is 1. The van der Waals surface area contributed by atoms with Crippen molar-refractivity contribution in [2.24, 2.45) is 0 Å². The van der Waals surface area contributed by atoms with E-state index < -0.39 is 11.7 Å². The molecule has 1 saturated heterocycles. The topological polar surface area (TPSA) is 68.9 Å². The summed E-state index contributed by atoms with van der Waals surface area (Å²) in [5.41, 5.74) is 1.13. The molecule has 0 radical (unpaired) electrons. The molecule has 1 aliphatic rings. The number of rotatable bonds is 4. The van der Waals surface area contributed by atoms with E-state index in [1.54, 1.807) is 12.1 Å². The van der Waals surface area contributed by atoms with Gasteiger partial charge in [0.15, 0.2) is 5.82 Å². The number of aromatic nitrogens is 3. The van der Waals surface area contributed by atoms with Crippen molar-refractivity contribution < 1.29 is 13.2 Å². The Hall–Kier alpha value is -3.07. The second kappa shape index (κ2) is 7.75. The molecule has 3 heterocycles. The normalized spacial score (nSPS) is 14.8. The number of hydrogen-bond acceptors (Lipinski definition) is 5. The third-order valence-electron chi connectivity index (χ3n) is 4.74. The van der Waals surface area contributed by atoms with Crippen molar-refractivity contribution in [2.45, 2.75) is 13.1 Å². The van der Waals surface area contributed by atoms with Crippen molar-refractivity contribution >= 4 is 17.3 Å². The maximum absolute atomic E-state index is 13.6. The smallest absolute Gasteiger partial charge is 0.354 e. The molecule has 29 heavy (non-hydrogen) atoms. The van der Waals surface area contributed by atoms with Crippen LogP contribution in [0.1, 0.15) is 11.3 Å². The highest BCUT2D eigenvalue weighted by Crippen LogP contribution is 2.38. The lowest BCUT2D eigenvalue weighted by atomic mass is 10.0. The zero-order valence-corrected chi connectivity index (χ0v) is 15.8. The summed E-state index contributed by atoms with van der Waals surface area (Å²) in [5, 5.41) is 13.4. The average molecular weight is 402 g/mol. The van der Waals surface area contributed by atoms with Gasteiger partial charge in [0.05, 0.1) is 11.3 Å². The van der Waals surface area contributed by atoms with Crippen molar-refractivity contribution in [3.05, 3.63) is 53.7 Å². The van der Waals surface area contributed by atoms with Gasteiger partial charge < -0.3 is 15.5 Å². The third-order valence-corrected chi connectivity index (χ3v) is 4.74. The number of alkyl halides is 3. The van der Waals surface area contributed by atoms with E-state index in [4.69, 9.17) is 0 Å². The van der Waals surface area contributed by atoms with E-state index in [9.17, 15) is 13.2 Å². The number of H-pyrrole nitrogens is 1. The quantitative estimate of drug-likeness (QED) is 0.617. The first-order chi connectivity index (χ1) is 13.9. The SMILES string of the molecule is Cc1cc(Nc2cc(-c3ccccc3C(F)(F)F)nc(N3CCNCC3)c2)n[nH]1. The summed E-state index contributed by atoms with van der Waals surface area (Å²) < 4.78 is 40.7. The molecule has 2 aromatic heterocycles. The molecule has 0 atom stereocenters. The lowest BCUT2D eigenvalue weighted by Gasteiger charge is -2.29. The minimum absolute atomic E-state index is 0.0539. The van der Waals surface area contributed by atoms with Crippen LogP contribution in [-0.4, -0.2) is 41.4 Å². The zero-order chi connectivity index (χ0) is 20.4. The van der Waals surface area contributed by atoms with Crippen molar-refractivity contribution in [1.29, 1.82) is 0 Å². The Bertz CT molecular complexity index is 992. The lowest BCUT2D eigenvalue weighted by molar-refractivity contribution is -0.137. The highest BCUT2D eigenvalue weighted by atomic mass is 19.4. The van der Waals surface area contributed by atoms with Gasteiger partial charge in [-0.15, -0.1) is 0 Å². The Labute approximate surface area is 166 Å². The van der Waals surface area contributed by atoms with Gasteiger partial charge in [-0.05, 0) is 19.1 Å². The summed E-state index contributed by atoms with van der Waals surface area (Å²) in [6.45, 7) is 4.94. The summed E-state index contributed by atoms with van der Waals surface area (Å²) in [6.07, 6.45) is -4.46. The second-order valence-electron chi connectivity index (χ2n) is 6.94. The summed E-state index contributed by atoms with van der Waals surface area (Å²) >= 11 is 0. The van der Waals surface area contributed by atoms with E-state index >= 15 is 0 Å². The van der Waals surface area contributed by atoms with E-state index in [2.05, 4.69) is 30.7 Å². The molecule has 0 spiro atoms. The van der Waals surface area contributed by atoms with Gasteiger partial charge in [-0.1, -0.05) is 18.2 Å². The molecule has 1 aliphatic heterocycles. The second-order valence-corrected chi connectivity index (χ2v) is 6.94. The molecule has 0 saturated carbocycles. The average Bonchev–Trinajstić information content (AvgIpc) is 3.12. The summed E-state index contributed by atoms with van der Waals surface area (Å²) in [5.74, 6) is 1.23. The fourth-order valence-electron chi connectivity index (χ4n) is 3.37. The maximum atomic E-state index is 13.6. The molecule has 152 valence electrons. The molecule has 1 aromatic carbocycles. The molecule has 3 aromatic rings. The first-order valence-electron chi connectivity index (χ1n) is 9.33.